The standard InChI is InChI=1S/C16H21NO/c1-2-16(18,14-9-5-3-6-10-14)15(13-17)11-7-4-8-12-15/h3,5-6,9-10,18H,2,4,7-8,11-12H2,1H3. The van der Waals surface area contributed by atoms with E-state index in [1.807, 2.05) is 37.3 Å². The van der Waals surface area contributed by atoms with E-state index in [4.69, 9.17) is 0 Å². The van der Waals surface area contributed by atoms with Crippen molar-refractivity contribution in [3.8, 4) is 6.07 Å². The van der Waals surface area contributed by atoms with Gasteiger partial charge in [-0.05, 0) is 24.8 Å². The molecular formula is C16H21NO. The maximum Gasteiger partial charge on any atom is 0.108 e. The quantitative estimate of drug-likeness (QED) is 0.878. The molecule has 0 radical (unpaired) electrons. The highest BCUT2D eigenvalue weighted by Gasteiger charge is 2.51. The van der Waals surface area contributed by atoms with Gasteiger partial charge in [-0.25, -0.2) is 0 Å². The van der Waals surface area contributed by atoms with Crippen LogP contribution < -0.4 is 0 Å². The van der Waals surface area contributed by atoms with Gasteiger partial charge in [0.05, 0.1) is 11.5 Å². The van der Waals surface area contributed by atoms with Crippen molar-refractivity contribution in [3.63, 3.8) is 0 Å². The summed E-state index contributed by atoms with van der Waals surface area (Å²) in [5, 5.41) is 20.8. The molecule has 1 aromatic carbocycles. The summed E-state index contributed by atoms with van der Waals surface area (Å²) in [6.45, 7) is 1.97. The molecule has 1 aliphatic rings. The third-order valence-corrected chi connectivity index (χ3v) is 4.48. The van der Waals surface area contributed by atoms with E-state index in [1.165, 1.54) is 6.42 Å². The topological polar surface area (TPSA) is 44.0 Å². The monoisotopic (exact) mass is 243 g/mol. The molecule has 2 rings (SSSR count). The Morgan fingerprint density at radius 1 is 1.22 bits per heavy atom. The molecule has 1 N–H and O–H groups in total. The minimum Gasteiger partial charge on any atom is -0.383 e. The van der Waals surface area contributed by atoms with Crippen LogP contribution in [0.3, 0.4) is 0 Å². The normalized spacial score (nSPS) is 21.8. The fourth-order valence-electron chi connectivity index (χ4n) is 3.31. The van der Waals surface area contributed by atoms with E-state index in [9.17, 15) is 10.4 Å². The highest BCUT2D eigenvalue weighted by molar-refractivity contribution is 5.29. The predicted molar refractivity (Wildman–Crippen MR) is 71.8 cm³/mol. The zero-order chi connectivity index (χ0) is 13.1. The summed E-state index contributed by atoms with van der Waals surface area (Å²) in [7, 11) is 0. The Labute approximate surface area is 109 Å². The molecule has 0 bridgehead atoms. The van der Waals surface area contributed by atoms with E-state index in [2.05, 4.69) is 6.07 Å². The molecule has 18 heavy (non-hydrogen) atoms. The minimum absolute atomic E-state index is 0.588. The van der Waals surface area contributed by atoms with Crippen molar-refractivity contribution < 1.29 is 5.11 Å². The summed E-state index contributed by atoms with van der Waals surface area (Å²) in [4.78, 5) is 0. The van der Waals surface area contributed by atoms with E-state index < -0.39 is 11.0 Å². The highest BCUT2D eigenvalue weighted by Crippen LogP contribution is 2.51. The van der Waals surface area contributed by atoms with Gasteiger partial charge in [0.15, 0.2) is 0 Å². The van der Waals surface area contributed by atoms with Crippen LogP contribution >= 0.6 is 0 Å². The number of nitriles is 1. The van der Waals surface area contributed by atoms with Gasteiger partial charge in [-0.2, -0.15) is 5.26 Å². The lowest BCUT2D eigenvalue weighted by molar-refractivity contribution is -0.0822. The van der Waals surface area contributed by atoms with Crippen LogP contribution in [-0.4, -0.2) is 5.11 Å². The Morgan fingerprint density at radius 2 is 1.83 bits per heavy atom. The summed E-state index contributed by atoms with van der Waals surface area (Å²) >= 11 is 0. The van der Waals surface area contributed by atoms with Gasteiger partial charge in [-0.1, -0.05) is 56.5 Å². The lowest BCUT2D eigenvalue weighted by Gasteiger charge is -2.45. The van der Waals surface area contributed by atoms with Crippen molar-refractivity contribution in [1.82, 2.24) is 0 Å². The van der Waals surface area contributed by atoms with Crippen LogP contribution in [0.2, 0.25) is 0 Å². The summed E-state index contributed by atoms with van der Waals surface area (Å²) < 4.78 is 0. The molecule has 1 fully saturated rings. The number of rotatable bonds is 3. The average molecular weight is 243 g/mol. The molecule has 0 aromatic heterocycles. The van der Waals surface area contributed by atoms with E-state index in [0.717, 1.165) is 31.2 Å². The maximum atomic E-state index is 11.1. The van der Waals surface area contributed by atoms with Crippen molar-refractivity contribution in [3.05, 3.63) is 35.9 Å². The second kappa shape index (κ2) is 5.12. The Morgan fingerprint density at radius 3 is 2.33 bits per heavy atom. The van der Waals surface area contributed by atoms with Gasteiger partial charge in [-0.15, -0.1) is 0 Å². The molecule has 0 spiro atoms. The van der Waals surface area contributed by atoms with Gasteiger partial charge in [0.25, 0.3) is 0 Å². The summed E-state index contributed by atoms with van der Waals surface area (Å²) in [5.41, 5.74) is -0.735. The first-order chi connectivity index (χ1) is 8.68. The Bertz CT molecular complexity index is 428. The summed E-state index contributed by atoms with van der Waals surface area (Å²) in [6.07, 6.45) is 5.47. The van der Waals surface area contributed by atoms with Crippen LogP contribution in [0.1, 0.15) is 51.0 Å². The van der Waals surface area contributed by atoms with Crippen molar-refractivity contribution in [2.24, 2.45) is 5.41 Å². The minimum atomic E-state index is -1.01. The molecule has 1 aliphatic carbocycles. The van der Waals surface area contributed by atoms with Crippen LogP contribution in [0.5, 0.6) is 0 Å². The molecule has 2 nitrogen and oxygen atoms in total. The molecule has 96 valence electrons. The molecule has 0 amide bonds. The van der Waals surface area contributed by atoms with Crippen molar-refractivity contribution >= 4 is 0 Å². The van der Waals surface area contributed by atoms with Crippen LogP contribution in [0.15, 0.2) is 30.3 Å². The SMILES string of the molecule is CCC(O)(c1ccccc1)C1(C#N)CCCCC1. The van der Waals surface area contributed by atoms with Crippen LogP contribution in [-0.2, 0) is 5.60 Å². The van der Waals surface area contributed by atoms with Crippen LogP contribution in [0.4, 0.5) is 0 Å². The largest absolute Gasteiger partial charge is 0.383 e. The number of aliphatic hydroxyl groups is 1. The fraction of sp³-hybridized carbons (Fsp3) is 0.562. The Balaban J connectivity index is 2.45. The third kappa shape index (κ3) is 1.93. The molecule has 1 atom stereocenters. The van der Waals surface area contributed by atoms with Crippen LogP contribution in [0.25, 0.3) is 0 Å². The van der Waals surface area contributed by atoms with Gasteiger partial charge in [-0.3, -0.25) is 0 Å². The van der Waals surface area contributed by atoms with Gasteiger partial charge < -0.3 is 5.11 Å². The second-order valence-corrected chi connectivity index (χ2v) is 5.33. The van der Waals surface area contributed by atoms with E-state index in [-0.39, 0.29) is 0 Å². The lowest BCUT2D eigenvalue weighted by Crippen LogP contribution is -2.45. The van der Waals surface area contributed by atoms with E-state index >= 15 is 0 Å². The molecule has 1 saturated carbocycles. The zero-order valence-electron chi connectivity index (χ0n) is 11.0. The predicted octanol–water partition coefficient (Wildman–Crippen LogP) is 3.76. The number of nitrogens with zero attached hydrogens (tertiary/aromatic N) is 1. The molecule has 2 heteroatoms. The van der Waals surface area contributed by atoms with Gasteiger partial charge in [0.1, 0.15) is 5.60 Å². The Kier molecular flexibility index (Phi) is 3.73. The first-order valence-corrected chi connectivity index (χ1v) is 6.88. The smallest absolute Gasteiger partial charge is 0.108 e. The lowest BCUT2D eigenvalue weighted by atomic mass is 9.61. The third-order valence-electron chi connectivity index (χ3n) is 4.48. The van der Waals surface area contributed by atoms with Crippen molar-refractivity contribution in [2.75, 3.05) is 0 Å². The molecular weight excluding hydrogens is 222 g/mol. The van der Waals surface area contributed by atoms with Gasteiger partial charge in [0.2, 0.25) is 0 Å². The molecule has 0 aliphatic heterocycles. The zero-order valence-corrected chi connectivity index (χ0v) is 11.0. The molecule has 1 unspecified atom stereocenters. The van der Waals surface area contributed by atoms with Crippen molar-refractivity contribution in [1.29, 1.82) is 5.26 Å². The van der Waals surface area contributed by atoms with E-state index in [0.29, 0.717) is 6.42 Å². The van der Waals surface area contributed by atoms with Gasteiger partial charge >= 0.3 is 0 Å². The van der Waals surface area contributed by atoms with E-state index in [1.54, 1.807) is 0 Å². The van der Waals surface area contributed by atoms with Crippen molar-refractivity contribution in [2.45, 2.75) is 51.0 Å². The number of hydrogen-bond acceptors (Lipinski definition) is 2. The number of benzene rings is 1. The Hall–Kier alpha value is -1.33. The summed E-state index contributed by atoms with van der Waals surface area (Å²) in [5.74, 6) is 0. The molecule has 1 aromatic rings. The average Bonchev–Trinajstić information content (AvgIpc) is 2.48. The molecule has 0 heterocycles. The second-order valence-electron chi connectivity index (χ2n) is 5.33. The first kappa shape index (κ1) is 13.1. The van der Waals surface area contributed by atoms with Gasteiger partial charge in [0, 0.05) is 0 Å². The maximum absolute atomic E-state index is 11.1. The highest BCUT2D eigenvalue weighted by atomic mass is 16.3. The van der Waals surface area contributed by atoms with Crippen LogP contribution in [0, 0.1) is 16.7 Å². The molecule has 0 saturated heterocycles. The fourth-order valence-corrected chi connectivity index (χ4v) is 3.31. The first-order valence-electron chi connectivity index (χ1n) is 6.88. The number of hydrogen-bond donors (Lipinski definition) is 1. The summed E-state index contributed by atoms with van der Waals surface area (Å²) in [6, 6.07) is 12.2.